The lowest BCUT2D eigenvalue weighted by atomic mass is 9.89. The van der Waals surface area contributed by atoms with E-state index in [1.54, 1.807) is 0 Å². The van der Waals surface area contributed by atoms with Gasteiger partial charge in [0.15, 0.2) is 0 Å². The average Bonchev–Trinajstić information content (AvgIpc) is 2.74. The highest BCUT2D eigenvalue weighted by atomic mass is 16.5. The molecule has 28 heavy (non-hydrogen) atoms. The first kappa shape index (κ1) is 19.4. The fourth-order valence-corrected chi connectivity index (χ4v) is 4.44. The summed E-state index contributed by atoms with van der Waals surface area (Å²) in [5.74, 6) is 0.179. The molecule has 152 valence electrons. The lowest BCUT2D eigenvalue weighted by Gasteiger charge is -2.41. The minimum atomic E-state index is -0.784. The van der Waals surface area contributed by atoms with Crippen LogP contribution >= 0.6 is 0 Å². The normalized spacial score (nSPS) is 22.6. The van der Waals surface area contributed by atoms with Gasteiger partial charge in [0.25, 0.3) is 0 Å². The number of carbonyl (C=O) groups is 2. The molecule has 0 bridgehead atoms. The summed E-state index contributed by atoms with van der Waals surface area (Å²) in [6, 6.07) is 8.18. The van der Waals surface area contributed by atoms with Gasteiger partial charge in [-0.15, -0.1) is 0 Å². The molecule has 0 atom stereocenters. The number of hydrogen-bond donors (Lipinski definition) is 1. The molecule has 2 N–H and O–H groups in total. The van der Waals surface area contributed by atoms with Crippen molar-refractivity contribution in [2.45, 2.75) is 31.2 Å². The number of fused-ring (bicyclic) bond motifs is 1. The Hall–Kier alpha value is -1.96. The van der Waals surface area contributed by atoms with E-state index in [9.17, 15) is 9.59 Å². The van der Waals surface area contributed by atoms with E-state index in [0.717, 1.165) is 25.1 Å². The summed E-state index contributed by atoms with van der Waals surface area (Å²) in [6.45, 7) is 4.95. The van der Waals surface area contributed by atoms with E-state index in [1.807, 2.05) is 28.0 Å². The van der Waals surface area contributed by atoms with Crippen molar-refractivity contribution in [1.82, 2.24) is 9.80 Å². The molecule has 3 heterocycles. The molecule has 0 radical (unpaired) electrons. The third-order valence-corrected chi connectivity index (χ3v) is 6.24. The van der Waals surface area contributed by atoms with Crippen molar-refractivity contribution in [3.05, 3.63) is 29.8 Å². The molecule has 0 saturated carbocycles. The monoisotopic (exact) mass is 386 g/mol. The van der Waals surface area contributed by atoms with Crippen LogP contribution in [0.4, 0.5) is 5.69 Å². The van der Waals surface area contributed by atoms with Crippen LogP contribution in [-0.2, 0) is 20.7 Å². The van der Waals surface area contributed by atoms with Crippen molar-refractivity contribution in [3.8, 4) is 0 Å². The minimum Gasteiger partial charge on any atom is -0.381 e. The number of piperazine rings is 1. The average molecular weight is 386 g/mol. The van der Waals surface area contributed by atoms with Gasteiger partial charge in [0.05, 0.1) is 12.1 Å². The summed E-state index contributed by atoms with van der Waals surface area (Å²) in [5.41, 5.74) is 7.87. The summed E-state index contributed by atoms with van der Waals surface area (Å²) >= 11 is 0. The minimum absolute atomic E-state index is 0.0340. The molecule has 0 aliphatic carbocycles. The van der Waals surface area contributed by atoms with Gasteiger partial charge in [0, 0.05) is 51.6 Å². The number of carbonyl (C=O) groups excluding carboxylic acids is 2. The number of rotatable bonds is 3. The number of hydrogen-bond acceptors (Lipinski definition) is 5. The summed E-state index contributed by atoms with van der Waals surface area (Å²) < 4.78 is 5.34. The van der Waals surface area contributed by atoms with Crippen LogP contribution in [0.2, 0.25) is 0 Å². The molecule has 0 aromatic heterocycles. The van der Waals surface area contributed by atoms with Gasteiger partial charge in [-0.05, 0) is 37.3 Å². The quantitative estimate of drug-likeness (QED) is 0.824. The molecule has 0 unspecified atom stereocenters. The Labute approximate surface area is 166 Å². The van der Waals surface area contributed by atoms with Gasteiger partial charge in [0.1, 0.15) is 0 Å². The van der Waals surface area contributed by atoms with E-state index in [-0.39, 0.29) is 11.8 Å². The molecule has 1 aromatic carbocycles. The summed E-state index contributed by atoms with van der Waals surface area (Å²) in [7, 11) is 0. The predicted molar refractivity (Wildman–Crippen MR) is 107 cm³/mol. The Morgan fingerprint density at radius 3 is 2.50 bits per heavy atom. The van der Waals surface area contributed by atoms with Crippen molar-refractivity contribution in [2.75, 3.05) is 57.4 Å². The van der Waals surface area contributed by atoms with Crippen LogP contribution in [0.3, 0.4) is 0 Å². The Morgan fingerprint density at radius 1 is 1.04 bits per heavy atom. The number of nitrogens with two attached hydrogens (primary N) is 1. The zero-order valence-corrected chi connectivity index (χ0v) is 16.4. The Balaban J connectivity index is 1.31. The summed E-state index contributed by atoms with van der Waals surface area (Å²) in [6.07, 6.45) is 3.21. The number of ether oxygens (including phenoxy) is 1. The smallest absolute Gasteiger partial charge is 0.242 e. The van der Waals surface area contributed by atoms with Gasteiger partial charge < -0.3 is 20.3 Å². The fraction of sp³-hybridized carbons (Fsp3) is 0.619. The van der Waals surface area contributed by atoms with Crippen LogP contribution in [0, 0.1) is 0 Å². The van der Waals surface area contributed by atoms with Crippen LogP contribution < -0.4 is 10.6 Å². The van der Waals surface area contributed by atoms with Gasteiger partial charge >= 0.3 is 0 Å². The Kier molecular flexibility index (Phi) is 5.66. The maximum atomic E-state index is 12.9. The van der Waals surface area contributed by atoms with E-state index in [2.05, 4.69) is 11.0 Å². The summed E-state index contributed by atoms with van der Waals surface area (Å²) in [4.78, 5) is 31.7. The standard InChI is InChI=1S/C21H30N4O3/c22-21(7-14-28-15-8-21)20(27)24-12-10-23(11-13-24)16-19(26)25-9-3-5-17-4-1-2-6-18(17)25/h1-2,4,6H,3,5,7-16,22H2. The second kappa shape index (κ2) is 8.19. The van der Waals surface area contributed by atoms with E-state index in [1.165, 1.54) is 5.56 Å². The predicted octanol–water partition coefficient (Wildman–Crippen LogP) is 0.618. The van der Waals surface area contributed by atoms with Crippen LogP contribution in [-0.4, -0.2) is 79.6 Å². The zero-order valence-electron chi connectivity index (χ0n) is 16.4. The highest BCUT2D eigenvalue weighted by Crippen LogP contribution is 2.27. The fourth-order valence-electron chi connectivity index (χ4n) is 4.44. The number of benzene rings is 1. The van der Waals surface area contributed by atoms with E-state index >= 15 is 0 Å². The highest BCUT2D eigenvalue weighted by Gasteiger charge is 2.40. The van der Waals surface area contributed by atoms with E-state index < -0.39 is 5.54 Å². The molecule has 3 aliphatic rings. The van der Waals surface area contributed by atoms with Gasteiger partial charge in [-0.2, -0.15) is 0 Å². The Bertz CT molecular complexity index is 724. The molecule has 1 aromatic rings. The SMILES string of the molecule is NC1(C(=O)N2CCN(CC(=O)N3CCCc4ccccc43)CC2)CCOCC1. The second-order valence-electron chi connectivity index (χ2n) is 8.11. The molecular weight excluding hydrogens is 356 g/mol. The van der Waals surface area contributed by atoms with Gasteiger partial charge in [-0.1, -0.05) is 18.2 Å². The molecule has 4 rings (SSSR count). The third-order valence-electron chi connectivity index (χ3n) is 6.24. The maximum Gasteiger partial charge on any atom is 0.242 e. The molecule has 2 saturated heterocycles. The van der Waals surface area contributed by atoms with Gasteiger partial charge in [-0.25, -0.2) is 0 Å². The second-order valence-corrected chi connectivity index (χ2v) is 8.11. The number of anilines is 1. The maximum absolute atomic E-state index is 12.9. The molecule has 3 aliphatic heterocycles. The van der Waals surface area contributed by atoms with Crippen LogP contribution in [0.1, 0.15) is 24.8 Å². The first-order chi connectivity index (χ1) is 13.6. The van der Waals surface area contributed by atoms with Crippen LogP contribution in [0.15, 0.2) is 24.3 Å². The zero-order chi connectivity index (χ0) is 19.6. The lowest BCUT2D eigenvalue weighted by Crippen LogP contribution is -2.61. The Morgan fingerprint density at radius 2 is 1.75 bits per heavy atom. The molecule has 7 nitrogen and oxygen atoms in total. The molecule has 0 spiro atoms. The topological polar surface area (TPSA) is 79.1 Å². The molecule has 2 fully saturated rings. The third kappa shape index (κ3) is 3.92. The first-order valence-corrected chi connectivity index (χ1v) is 10.3. The van der Waals surface area contributed by atoms with E-state index in [0.29, 0.717) is 58.8 Å². The van der Waals surface area contributed by atoms with Gasteiger partial charge in [0.2, 0.25) is 11.8 Å². The molecular formula is C21H30N4O3. The van der Waals surface area contributed by atoms with Crippen molar-refractivity contribution in [1.29, 1.82) is 0 Å². The number of aryl methyl sites for hydroxylation is 1. The van der Waals surface area contributed by atoms with Crippen molar-refractivity contribution < 1.29 is 14.3 Å². The van der Waals surface area contributed by atoms with Crippen molar-refractivity contribution in [2.24, 2.45) is 5.73 Å². The summed E-state index contributed by atoms with van der Waals surface area (Å²) in [5, 5.41) is 0. The first-order valence-electron chi connectivity index (χ1n) is 10.3. The number of para-hydroxylation sites is 1. The lowest BCUT2D eigenvalue weighted by molar-refractivity contribution is -0.142. The van der Waals surface area contributed by atoms with Crippen molar-refractivity contribution in [3.63, 3.8) is 0 Å². The van der Waals surface area contributed by atoms with Crippen LogP contribution in [0.25, 0.3) is 0 Å². The number of amides is 2. The molecule has 7 heteroatoms. The highest BCUT2D eigenvalue weighted by molar-refractivity contribution is 5.96. The number of nitrogens with zero attached hydrogens (tertiary/aromatic N) is 3. The van der Waals surface area contributed by atoms with Gasteiger partial charge in [-0.3, -0.25) is 14.5 Å². The largest absolute Gasteiger partial charge is 0.381 e. The van der Waals surface area contributed by atoms with Crippen molar-refractivity contribution >= 4 is 17.5 Å². The molecule has 2 amide bonds. The van der Waals surface area contributed by atoms with Crippen LogP contribution in [0.5, 0.6) is 0 Å². The van der Waals surface area contributed by atoms with E-state index in [4.69, 9.17) is 10.5 Å².